The summed E-state index contributed by atoms with van der Waals surface area (Å²) in [5.41, 5.74) is 2.26. The Hall–Kier alpha value is -2.89. The Balaban J connectivity index is 1.72. The van der Waals surface area contributed by atoms with Crippen LogP contribution in [0, 0.1) is 0 Å². The Morgan fingerprint density at radius 3 is 2.68 bits per heavy atom. The number of benzene rings is 1. The van der Waals surface area contributed by atoms with Gasteiger partial charge in [0.05, 0.1) is 11.7 Å². The highest BCUT2D eigenvalue weighted by molar-refractivity contribution is 6.00. The van der Waals surface area contributed by atoms with Gasteiger partial charge in [-0.05, 0) is 30.3 Å². The number of hydrogen-bond acceptors (Lipinski definition) is 3. The minimum Gasteiger partial charge on any atom is -0.308 e. The number of carbonyl (C=O) groups excluding carboxylic acids is 1. The van der Waals surface area contributed by atoms with Gasteiger partial charge in [-0.1, -0.05) is 0 Å². The summed E-state index contributed by atoms with van der Waals surface area (Å²) >= 11 is 0. The Kier molecular flexibility index (Phi) is 2.82. The van der Waals surface area contributed by atoms with E-state index in [2.05, 4.69) is 25.8 Å². The van der Waals surface area contributed by atoms with E-state index in [9.17, 15) is 4.79 Å². The third kappa shape index (κ3) is 2.52. The van der Waals surface area contributed by atoms with E-state index in [4.69, 9.17) is 0 Å². The standard InChI is InChI=1S/C13H11N5O/c19-13(16-10-3-5-14-6-4-10)17-11-2-1-9-8-15-18-12(9)7-11/h1-8H,(H,15,18)(H2,14,16,17,19). The van der Waals surface area contributed by atoms with E-state index in [1.807, 2.05) is 18.2 Å². The van der Waals surface area contributed by atoms with Gasteiger partial charge in [-0.2, -0.15) is 5.10 Å². The first-order valence-corrected chi connectivity index (χ1v) is 5.72. The molecular weight excluding hydrogens is 242 g/mol. The van der Waals surface area contributed by atoms with Gasteiger partial charge in [0.2, 0.25) is 0 Å². The van der Waals surface area contributed by atoms with Crippen LogP contribution in [0.3, 0.4) is 0 Å². The summed E-state index contributed by atoms with van der Waals surface area (Å²) < 4.78 is 0. The summed E-state index contributed by atoms with van der Waals surface area (Å²) in [6, 6.07) is 8.68. The minimum absolute atomic E-state index is 0.301. The van der Waals surface area contributed by atoms with E-state index in [1.165, 1.54) is 0 Å². The third-order valence-corrected chi connectivity index (χ3v) is 2.64. The lowest BCUT2D eigenvalue weighted by Crippen LogP contribution is -2.19. The van der Waals surface area contributed by atoms with Crippen LogP contribution in [-0.2, 0) is 0 Å². The molecule has 0 unspecified atom stereocenters. The first-order chi connectivity index (χ1) is 9.31. The SMILES string of the molecule is O=C(Nc1ccncc1)Nc1ccc2cn[nH]c2c1. The minimum atomic E-state index is -0.301. The van der Waals surface area contributed by atoms with Gasteiger partial charge in [-0.15, -0.1) is 0 Å². The average molecular weight is 253 g/mol. The number of rotatable bonds is 2. The predicted molar refractivity (Wildman–Crippen MR) is 73.0 cm³/mol. The molecule has 94 valence electrons. The van der Waals surface area contributed by atoms with Crippen LogP contribution in [0.2, 0.25) is 0 Å². The van der Waals surface area contributed by atoms with Gasteiger partial charge in [0.25, 0.3) is 0 Å². The van der Waals surface area contributed by atoms with Gasteiger partial charge in [-0.3, -0.25) is 10.1 Å². The molecule has 3 aromatic rings. The number of aromatic amines is 1. The molecule has 6 heteroatoms. The lowest BCUT2D eigenvalue weighted by molar-refractivity contribution is 0.262. The highest BCUT2D eigenvalue weighted by Crippen LogP contribution is 2.16. The van der Waals surface area contributed by atoms with Crippen molar-refractivity contribution >= 4 is 28.3 Å². The third-order valence-electron chi connectivity index (χ3n) is 2.64. The fourth-order valence-corrected chi connectivity index (χ4v) is 1.74. The lowest BCUT2D eigenvalue weighted by atomic mass is 10.2. The van der Waals surface area contributed by atoms with E-state index < -0.39 is 0 Å². The van der Waals surface area contributed by atoms with Crippen LogP contribution in [0.15, 0.2) is 48.9 Å². The normalized spacial score (nSPS) is 10.3. The predicted octanol–water partition coefficient (Wildman–Crippen LogP) is 2.60. The van der Waals surface area contributed by atoms with Crippen LogP contribution in [0.5, 0.6) is 0 Å². The number of fused-ring (bicyclic) bond motifs is 1. The smallest absolute Gasteiger partial charge is 0.308 e. The zero-order valence-electron chi connectivity index (χ0n) is 9.92. The summed E-state index contributed by atoms with van der Waals surface area (Å²) in [5, 5.41) is 13.3. The molecule has 0 aliphatic rings. The molecule has 0 radical (unpaired) electrons. The van der Waals surface area contributed by atoms with Gasteiger partial charge in [0.15, 0.2) is 0 Å². The number of carbonyl (C=O) groups is 1. The maximum atomic E-state index is 11.8. The molecular formula is C13H11N5O. The summed E-state index contributed by atoms with van der Waals surface area (Å²) in [5.74, 6) is 0. The molecule has 0 aliphatic heterocycles. The zero-order chi connectivity index (χ0) is 13.1. The lowest BCUT2D eigenvalue weighted by Gasteiger charge is -2.07. The number of nitrogens with zero attached hydrogens (tertiary/aromatic N) is 2. The molecule has 0 spiro atoms. The van der Waals surface area contributed by atoms with Crippen molar-refractivity contribution in [3.8, 4) is 0 Å². The molecule has 0 atom stereocenters. The van der Waals surface area contributed by atoms with Crippen LogP contribution < -0.4 is 10.6 Å². The number of nitrogens with one attached hydrogen (secondary N) is 3. The summed E-state index contributed by atoms with van der Waals surface area (Å²) in [6.45, 7) is 0. The number of anilines is 2. The maximum absolute atomic E-state index is 11.8. The summed E-state index contributed by atoms with van der Waals surface area (Å²) in [4.78, 5) is 15.7. The van der Waals surface area contributed by atoms with Gasteiger partial charge < -0.3 is 10.6 Å². The van der Waals surface area contributed by atoms with Crippen molar-refractivity contribution in [2.45, 2.75) is 0 Å². The van der Waals surface area contributed by atoms with Crippen LogP contribution >= 0.6 is 0 Å². The van der Waals surface area contributed by atoms with Crippen molar-refractivity contribution in [1.29, 1.82) is 0 Å². The fraction of sp³-hybridized carbons (Fsp3) is 0. The molecule has 0 aliphatic carbocycles. The molecule has 1 aromatic carbocycles. The molecule has 3 N–H and O–H groups in total. The van der Waals surface area contributed by atoms with Crippen molar-refractivity contribution in [3.63, 3.8) is 0 Å². The molecule has 2 aromatic heterocycles. The molecule has 0 fully saturated rings. The average Bonchev–Trinajstić information content (AvgIpc) is 2.87. The van der Waals surface area contributed by atoms with Crippen LogP contribution in [-0.4, -0.2) is 21.2 Å². The molecule has 3 rings (SSSR count). The summed E-state index contributed by atoms with van der Waals surface area (Å²) in [6.07, 6.45) is 4.97. The van der Waals surface area contributed by atoms with E-state index >= 15 is 0 Å². The maximum Gasteiger partial charge on any atom is 0.323 e. The van der Waals surface area contributed by atoms with Crippen molar-refractivity contribution < 1.29 is 4.79 Å². The second-order valence-electron chi connectivity index (χ2n) is 3.99. The second-order valence-corrected chi connectivity index (χ2v) is 3.99. The van der Waals surface area contributed by atoms with Gasteiger partial charge >= 0.3 is 6.03 Å². The summed E-state index contributed by atoms with van der Waals surface area (Å²) in [7, 11) is 0. The second kappa shape index (κ2) is 4.77. The molecule has 2 heterocycles. The van der Waals surface area contributed by atoms with E-state index in [1.54, 1.807) is 30.7 Å². The van der Waals surface area contributed by atoms with E-state index in [-0.39, 0.29) is 6.03 Å². The number of aromatic nitrogens is 3. The highest BCUT2D eigenvalue weighted by atomic mass is 16.2. The first kappa shape index (κ1) is 11.2. The van der Waals surface area contributed by atoms with E-state index in [0.717, 1.165) is 10.9 Å². The molecule has 0 saturated heterocycles. The Labute approximate surface area is 108 Å². The largest absolute Gasteiger partial charge is 0.323 e. The quantitative estimate of drug-likeness (QED) is 0.656. The molecule has 6 nitrogen and oxygen atoms in total. The van der Waals surface area contributed by atoms with Crippen molar-refractivity contribution in [2.24, 2.45) is 0 Å². The highest BCUT2D eigenvalue weighted by Gasteiger charge is 2.03. The van der Waals surface area contributed by atoms with Crippen LogP contribution in [0.25, 0.3) is 10.9 Å². The first-order valence-electron chi connectivity index (χ1n) is 5.72. The Morgan fingerprint density at radius 1 is 1.05 bits per heavy atom. The van der Waals surface area contributed by atoms with Gasteiger partial charge in [0, 0.05) is 29.2 Å². The fourth-order valence-electron chi connectivity index (χ4n) is 1.74. The molecule has 19 heavy (non-hydrogen) atoms. The van der Waals surface area contributed by atoms with Crippen molar-refractivity contribution in [3.05, 3.63) is 48.9 Å². The molecule has 0 bridgehead atoms. The number of hydrogen-bond donors (Lipinski definition) is 3. The van der Waals surface area contributed by atoms with Gasteiger partial charge in [0.1, 0.15) is 0 Å². The van der Waals surface area contributed by atoms with Gasteiger partial charge in [-0.25, -0.2) is 4.79 Å². The number of amides is 2. The number of H-pyrrole nitrogens is 1. The Morgan fingerprint density at radius 2 is 1.84 bits per heavy atom. The van der Waals surface area contributed by atoms with Crippen LogP contribution in [0.1, 0.15) is 0 Å². The Bertz CT molecular complexity index is 707. The van der Waals surface area contributed by atoms with Crippen molar-refractivity contribution in [1.82, 2.24) is 15.2 Å². The molecule has 2 amide bonds. The van der Waals surface area contributed by atoms with Crippen molar-refractivity contribution in [2.75, 3.05) is 10.6 Å². The topological polar surface area (TPSA) is 82.7 Å². The number of pyridine rings is 1. The van der Waals surface area contributed by atoms with E-state index in [0.29, 0.717) is 11.4 Å². The molecule has 0 saturated carbocycles. The monoisotopic (exact) mass is 253 g/mol. The number of urea groups is 1. The van der Waals surface area contributed by atoms with Crippen LogP contribution in [0.4, 0.5) is 16.2 Å². The zero-order valence-corrected chi connectivity index (χ0v) is 9.92.